The van der Waals surface area contributed by atoms with Crippen LogP contribution in [0.2, 0.25) is 0 Å². The van der Waals surface area contributed by atoms with Crippen molar-refractivity contribution in [3.05, 3.63) is 80.8 Å². The van der Waals surface area contributed by atoms with Gasteiger partial charge in [-0.05, 0) is 36.1 Å². The van der Waals surface area contributed by atoms with Crippen LogP contribution in [0.15, 0.2) is 58.8 Å². The molecule has 1 aliphatic carbocycles. The van der Waals surface area contributed by atoms with Crippen molar-refractivity contribution in [1.29, 1.82) is 0 Å². The normalized spacial score (nSPS) is 23.9. The van der Waals surface area contributed by atoms with Gasteiger partial charge in [0, 0.05) is 34.5 Å². The maximum Gasteiger partial charge on any atom is 0.336 e. The summed E-state index contributed by atoms with van der Waals surface area (Å²) in [5.41, 5.74) is 1.83. The number of hydrogen-bond donors (Lipinski definition) is 1. The fourth-order valence-corrected chi connectivity index (χ4v) is 5.00. The Hall–Kier alpha value is -2.80. The van der Waals surface area contributed by atoms with E-state index in [2.05, 4.69) is 5.32 Å². The van der Waals surface area contributed by atoms with Crippen molar-refractivity contribution in [3.63, 3.8) is 0 Å². The number of ether oxygens (including phenoxy) is 1. The van der Waals surface area contributed by atoms with E-state index in [9.17, 15) is 18.4 Å². The van der Waals surface area contributed by atoms with E-state index in [1.807, 2.05) is 23.6 Å². The third-order valence-corrected chi connectivity index (χ3v) is 6.48. The number of allylic oxidation sites excluding steroid dienone is 3. The standard InChI is InChI=1S/C22H19F2NO3S/c1-11-19(22(27)28-2)20(12-5-6-14(23)15(24)8-12)21-16(25-11)9-13(10-17(21)26)18-4-3-7-29-18/h3-9,13,20-21,25H,10H2,1-2H3. The van der Waals surface area contributed by atoms with Gasteiger partial charge < -0.3 is 10.1 Å². The third-order valence-electron chi connectivity index (χ3n) is 5.48. The zero-order valence-corrected chi connectivity index (χ0v) is 16.7. The predicted octanol–water partition coefficient (Wildman–Crippen LogP) is 4.42. The maximum atomic E-state index is 14.0. The molecule has 4 nitrogen and oxygen atoms in total. The monoisotopic (exact) mass is 415 g/mol. The summed E-state index contributed by atoms with van der Waals surface area (Å²) >= 11 is 1.58. The first-order valence-corrected chi connectivity index (χ1v) is 10.1. The molecule has 2 aliphatic rings. The van der Waals surface area contributed by atoms with E-state index in [4.69, 9.17) is 4.74 Å². The molecule has 2 heterocycles. The Kier molecular flexibility index (Phi) is 5.08. The number of esters is 1. The molecule has 150 valence electrons. The molecule has 0 saturated carbocycles. The number of rotatable bonds is 3. The summed E-state index contributed by atoms with van der Waals surface area (Å²) in [6.45, 7) is 1.72. The van der Waals surface area contributed by atoms with E-state index in [-0.39, 0.29) is 23.7 Å². The van der Waals surface area contributed by atoms with Crippen LogP contribution in [0.1, 0.15) is 35.6 Å². The van der Waals surface area contributed by atoms with E-state index in [1.54, 1.807) is 18.3 Å². The van der Waals surface area contributed by atoms with E-state index in [1.165, 1.54) is 13.2 Å². The second-order valence-corrected chi connectivity index (χ2v) is 8.18. The molecule has 2 aromatic rings. The van der Waals surface area contributed by atoms with Gasteiger partial charge in [-0.15, -0.1) is 11.3 Å². The quantitative estimate of drug-likeness (QED) is 0.755. The van der Waals surface area contributed by atoms with Gasteiger partial charge in [0.2, 0.25) is 0 Å². The highest BCUT2D eigenvalue weighted by molar-refractivity contribution is 7.10. The van der Waals surface area contributed by atoms with Crippen molar-refractivity contribution >= 4 is 23.1 Å². The molecule has 0 fully saturated rings. The maximum absolute atomic E-state index is 14.0. The van der Waals surface area contributed by atoms with Gasteiger partial charge in [-0.1, -0.05) is 18.2 Å². The van der Waals surface area contributed by atoms with Crippen LogP contribution in [0.5, 0.6) is 0 Å². The Labute approximate surface area is 170 Å². The van der Waals surface area contributed by atoms with E-state index >= 15 is 0 Å². The number of fused-ring (bicyclic) bond motifs is 1. The van der Waals surface area contributed by atoms with Crippen molar-refractivity contribution in [2.75, 3.05) is 7.11 Å². The van der Waals surface area contributed by atoms with Crippen LogP contribution in [-0.2, 0) is 14.3 Å². The summed E-state index contributed by atoms with van der Waals surface area (Å²) in [7, 11) is 1.26. The smallest absolute Gasteiger partial charge is 0.336 e. The van der Waals surface area contributed by atoms with Gasteiger partial charge in [0.05, 0.1) is 18.6 Å². The molecule has 0 amide bonds. The van der Waals surface area contributed by atoms with Crippen LogP contribution in [0.3, 0.4) is 0 Å². The van der Waals surface area contributed by atoms with Crippen molar-refractivity contribution in [1.82, 2.24) is 5.32 Å². The molecule has 0 saturated heterocycles. The molecule has 0 spiro atoms. The lowest BCUT2D eigenvalue weighted by molar-refractivity contribution is -0.136. The number of nitrogens with one attached hydrogen (secondary N) is 1. The van der Waals surface area contributed by atoms with Gasteiger partial charge in [0.15, 0.2) is 11.6 Å². The average Bonchev–Trinajstić information content (AvgIpc) is 3.23. The second-order valence-electron chi connectivity index (χ2n) is 7.20. The minimum Gasteiger partial charge on any atom is -0.466 e. The number of thiophene rings is 1. The summed E-state index contributed by atoms with van der Waals surface area (Å²) in [5, 5.41) is 5.15. The lowest BCUT2D eigenvalue weighted by Crippen LogP contribution is -2.41. The summed E-state index contributed by atoms with van der Waals surface area (Å²) in [6, 6.07) is 7.41. The van der Waals surface area contributed by atoms with Gasteiger partial charge >= 0.3 is 5.97 Å². The van der Waals surface area contributed by atoms with Crippen LogP contribution in [0.25, 0.3) is 0 Å². The van der Waals surface area contributed by atoms with Crippen molar-refractivity contribution in [2.45, 2.75) is 25.2 Å². The molecular weight excluding hydrogens is 396 g/mol. The first kappa shape index (κ1) is 19.5. The Morgan fingerprint density at radius 2 is 2.00 bits per heavy atom. The summed E-state index contributed by atoms with van der Waals surface area (Å²) < 4.78 is 32.4. The van der Waals surface area contributed by atoms with E-state index in [0.29, 0.717) is 17.0 Å². The van der Waals surface area contributed by atoms with Gasteiger partial charge in [-0.3, -0.25) is 4.79 Å². The minimum atomic E-state index is -1.02. The number of methoxy groups -OCH3 is 1. The molecule has 3 atom stereocenters. The molecule has 0 radical (unpaired) electrons. The molecule has 1 aromatic carbocycles. The van der Waals surface area contributed by atoms with Crippen LogP contribution < -0.4 is 5.32 Å². The molecule has 3 unspecified atom stereocenters. The largest absolute Gasteiger partial charge is 0.466 e. The number of carbonyl (C=O) groups excluding carboxylic acids is 2. The van der Waals surface area contributed by atoms with Crippen LogP contribution >= 0.6 is 11.3 Å². The summed E-state index contributed by atoms with van der Waals surface area (Å²) in [6.07, 6.45) is 2.28. The first-order chi connectivity index (χ1) is 13.9. The highest BCUT2D eigenvalue weighted by Gasteiger charge is 2.45. The number of hydrogen-bond acceptors (Lipinski definition) is 5. The first-order valence-electron chi connectivity index (χ1n) is 9.19. The van der Waals surface area contributed by atoms with Crippen LogP contribution in [-0.4, -0.2) is 18.9 Å². The summed E-state index contributed by atoms with van der Waals surface area (Å²) in [5.74, 6) is -4.15. The molecule has 29 heavy (non-hydrogen) atoms. The zero-order valence-electron chi connectivity index (χ0n) is 15.9. The fraction of sp³-hybridized carbons (Fsp3) is 0.273. The molecule has 1 N–H and O–H groups in total. The van der Waals surface area contributed by atoms with E-state index < -0.39 is 29.4 Å². The van der Waals surface area contributed by atoms with E-state index in [0.717, 1.165) is 17.0 Å². The minimum absolute atomic E-state index is 0.0562. The SMILES string of the molecule is COC(=O)C1=C(C)NC2=CC(c3cccs3)CC(=O)C2C1c1ccc(F)c(F)c1. The fourth-order valence-electron chi connectivity index (χ4n) is 4.21. The molecular formula is C22H19F2NO3S. The van der Waals surface area contributed by atoms with Gasteiger partial charge in [-0.2, -0.15) is 0 Å². The number of benzene rings is 1. The molecule has 4 rings (SSSR count). The summed E-state index contributed by atoms with van der Waals surface area (Å²) in [4.78, 5) is 26.8. The number of ketones is 1. The third kappa shape index (κ3) is 3.40. The highest BCUT2D eigenvalue weighted by Crippen LogP contribution is 2.46. The number of Topliss-reactive ketones (excluding diaryl/α,β-unsaturated/α-hetero) is 1. The highest BCUT2D eigenvalue weighted by atomic mass is 32.1. The van der Waals surface area contributed by atoms with Gasteiger partial charge in [0.1, 0.15) is 5.78 Å². The van der Waals surface area contributed by atoms with Crippen molar-refractivity contribution in [2.24, 2.45) is 5.92 Å². The van der Waals surface area contributed by atoms with Crippen molar-refractivity contribution < 1.29 is 23.1 Å². The predicted molar refractivity (Wildman–Crippen MR) is 105 cm³/mol. The Morgan fingerprint density at radius 3 is 2.66 bits per heavy atom. The molecule has 1 aliphatic heterocycles. The Bertz CT molecular complexity index is 1040. The zero-order chi connectivity index (χ0) is 20.7. The number of halogens is 2. The lowest BCUT2D eigenvalue weighted by Gasteiger charge is -2.39. The van der Waals surface area contributed by atoms with Crippen LogP contribution in [0.4, 0.5) is 8.78 Å². The molecule has 0 bridgehead atoms. The molecule has 1 aromatic heterocycles. The topological polar surface area (TPSA) is 55.4 Å². The number of carbonyl (C=O) groups is 2. The Morgan fingerprint density at radius 1 is 1.21 bits per heavy atom. The Balaban J connectivity index is 1.86. The molecule has 7 heteroatoms. The second kappa shape index (κ2) is 7.55. The van der Waals surface area contributed by atoms with Crippen LogP contribution in [0, 0.1) is 17.6 Å². The average molecular weight is 415 g/mol. The van der Waals surface area contributed by atoms with Crippen molar-refractivity contribution in [3.8, 4) is 0 Å². The van der Waals surface area contributed by atoms with Gasteiger partial charge in [-0.25, -0.2) is 13.6 Å². The van der Waals surface area contributed by atoms with Gasteiger partial charge in [0.25, 0.3) is 0 Å². The lowest BCUT2D eigenvalue weighted by atomic mass is 9.69.